The highest BCUT2D eigenvalue weighted by Gasteiger charge is 2.46. The molecule has 4 rings (SSSR count). The normalized spacial score (nSPS) is 20.0. The lowest BCUT2D eigenvalue weighted by atomic mass is 9.94. The van der Waals surface area contributed by atoms with Crippen LogP contribution in [-0.2, 0) is 5.60 Å². The molecule has 0 amide bonds. The predicted octanol–water partition coefficient (Wildman–Crippen LogP) is 4.73. The van der Waals surface area contributed by atoms with Gasteiger partial charge in [0.15, 0.2) is 17.1 Å². The summed E-state index contributed by atoms with van der Waals surface area (Å²) in [7, 11) is 0. The summed E-state index contributed by atoms with van der Waals surface area (Å²) in [6.07, 6.45) is 1.84. The Bertz CT molecular complexity index is 887. The number of ether oxygens (including phenoxy) is 1. The van der Waals surface area contributed by atoms with Crippen LogP contribution in [0, 0.1) is 0 Å². The first-order valence-corrected chi connectivity index (χ1v) is 9.24. The molecule has 2 heterocycles. The van der Waals surface area contributed by atoms with Crippen molar-refractivity contribution in [3.8, 4) is 5.75 Å². The lowest BCUT2D eigenvalue weighted by Crippen LogP contribution is -2.46. The third-order valence-electron chi connectivity index (χ3n) is 4.68. The Morgan fingerprint density at radius 3 is 2.52 bits per heavy atom. The topological polar surface area (TPSA) is 42.4 Å². The van der Waals surface area contributed by atoms with Crippen molar-refractivity contribution in [3.05, 3.63) is 65.7 Å². The van der Waals surface area contributed by atoms with Crippen molar-refractivity contribution in [2.24, 2.45) is 0 Å². The predicted molar refractivity (Wildman–Crippen MR) is 102 cm³/mol. The molecule has 1 aliphatic rings. The highest BCUT2D eigenvalue weighted by atomic mass is 32.1. The van der Waals surface area contributed by atoms with Gasteiger partial charge in [0.2, 0.25) is 0 Å². The number of para-hydroxylation sites is 3. The van der Waals surface area contributed by atoms with Crippen LogP contribution in [0.4, 0.5) is 16.5 Å². The van der Waals surface area contributed by atoms with Crippen molar-refractivity contribution >= 4 is 27.8 Å². The van der Waals surface area contributed by atoms with Gasteiger partial charge in [0.1, 0.15) is 13.2 Å². The van der Waals surface area contributed by atoms with E-state index in [4.69, 9.17) is 4.74 Å². The molecule has 1 atom stereocenters. The van der Waals surface area contributed by atoms with Gasteiger partial charge in [-0.25, -0.2) is 0 Å². The molecule has 0 aliphatic carbocycles. The van der Waals surface area contributed by atoms with Gasteiger partial charge >= 0.3 is 0 Å². The molecule has 3 aromatic rings. The number of thiazole rings is 1. The fraction of sp³-hybridized carbons (Fsp3) is 0.250. The average molecular weight is 353 g/mol. The van der Waals surface area contributed by atoms with Gasteiger partial charge in [0.25, 0.3) is 5.13 Å². The van der Waals surface area contributed by atoms with Crippen LogP contribution in [0.2, 0.25) is 0 Å². The van der Waals surface area contributed by atoms with Gasteiger partial charge in [0, 0.05) is 29.3 Å². The van der Waals surface area contributed by atoms with Crippen molar-refractivity contribution in [3.63, 3.8) is 0 Å². The number of nitrogens with zero attached hydrogens (tertiary/aromatic N) is 2. The average Bonchev–Trinajstić information content (AvgIpc) is 3.15. The van der Waals surface area contributed by atoms with Gasteiger partial charge < -0.3 is 9.84 Å². The SMILES string of the molecule is CC(C)(O)c1ccccc1[N+]1(c2nccs2)CCOc2ccccc21. The van der Waals surface area contributed by atoms with E-state index in [1.807, 2.05) is 61.8 Å². The first-order valence-electron chi connectivity index (χ1n) is 8.36. The number of quaternary nitrogens is 1. The van der Waals surface area contributed by atoms with Crippen LogP contribution < -0.4 is 9.22 Å². The molecule has 1 aromatic heterocycles. The zero-order valence-corrected chi connectivity index (χ0v) is 15.2. The minimum absolute atomic E-state index is 0.466. The molecular weight excluding hydrogens is 332 g/mol. The van der Waals surface area contributed by atoms with Crippen LogP contribution in [-0.4, -0.2) is 23.2 Å². The summed E-state index contributed by atoms with van der Waals surface area (Å²) in [5, 5.41) is 13.8. The van der Waals surface area contributed by atoms with E-state index < -0.39 is 5.60 Å². The van der Waals surface area contributed by atoms with Gasteiger partial charge in [-0.2, -0.15) is 9.47 Å². The van der Waals surface area contributed by atoms with Crippen molar-refractivity contribution in [1.82, 2.24) is 9.47 Å². The molecule has 1 unspecified atom stereocenters. The van der Waals surface area contributed by atoms with E-state index in [1.165, 1.54) is 0 Å². The standard InChI is InChI=1S/C20H21N2O2S/c1-20(2,23)15-7-3-4-8-16(15)22(19-21-11-14-25-19)12-13-24-18-10-6-5-9-17(18)22/h3-11,14,23H,12-13H2,1-2H3/q+1. The van der Waals surface area contributed by atoms with Gasteiger partial charge in [-0.05, 0) is 19.9 Å². The van der Waals surface area contributed by atoms with Crippen LogP contribution in [0.1, 0.15) is 19.4 Å². The summed E-state index contributed by atoms with van der Waals surface area (Å²) >= 11 is 1.63. The molecule has 5 heteroatoms. The van der Waals surface area contributed by atoms with Crippen LogP contribution in [0.5, 0.6) is 5.75 Å². The Kier molecular flexibility index (Phi) is 3.87. The molecule has 0 bridgehead atoms. The van der Waals surface area contributed by atoms with Crippen LogP contribution in [0.3, 0.4) is 0 Å². The monoisotopic (exact) mass is 353 g/mol. The maximum atomic E-state index is 10.8. The van der Waals surface area contributed by atoms with Gasteiger partial charge in [-0.1, -0.05) is 41.7 Å². The van der Waals surface area contributed by atoms with Crippen molar-refractivity contribution in [1.29, 1.82) is 0 Å². The summed E-state index contributed by atoms with van der Waals surface area (Å²) < 4.78 is 6.39. The highest BCUT2D eigenvalue weighted by Crippen LogP contribution is 2.52. The molecule has 0 saturated heterocycles. The van der Waals surface area contributed by atoms with E-state index in [0.29, 0.717) is 11.1 Å². The van der Waals surface area contributed by atoms with E-state index >= 15 is 0 Å². The van der Waals surface area contributed by atoms with Crippen LogP contribution in [0.15, 0.2) is 60.1 Å². The summed E-state index contributed by atoms with van der Waals surface area (Å²) in [4.78, 5) is 4.66. The number of rotatable bonds is 3. The third-order valence-corrected chi connectivity index (χ3v) is 5.57. The fourth-order valence-electron chi connectivity index (χ4n) is 3.59. The Morgan fingerprint density at radius 1 is 1.08 bits per heavy atom. The number of hydrogen-bond acceptors (Lipinski definition) is 4. The Labute approximate surface area is 151 Å². The third kappa shape index (κ3) is 2.56. The van der Waals surface area contributed by atoms with E-state index in [2.05, 4.69) is 17.1 Å². The number of aromatic nitrogens is 1. The maximum absolute atomic E-state index is 10.8. The first-order chi connectivity index (χ1) is 12.0. The van der Waals surface area contributed by atoms with Crippen molar-refractivity contribution in [2.75, 3.05) is 13.2 Å². The van der Waals surface area contributed by atoms with Crippen LogP contribution in [0.25, 0.3) is 0 Å². The van der Waals surface area contributed by atoms with E-state index in [0.717, 1.165) is 34.4 Å². The van der Waals surface area contributed by atoms with Gasteiger partial charge in [-0.3, -0.25) is 0 Å². The molecule has 0 spiro atoms. The second kappa shape index (κ2) is 5.95. The Morgan fingerprint density at radius 2 is 1.80 bits per heavy atom. The molecule has 0 fully saturated rings. The smallest absolute Gasteiger partial charge is 0.296 e. The molecule has 0 saturated carbocycles. The molecular formula is C20H21N2O2S+. The number of fused-ring (bicyclic) bond motifs is 1. The summed E-state index contributed by atoms with van der Waals surface area (Å²) in [6, 6.07) is 16.2. The molecule has 25 heavy (non-hydrogen) atoms. The summed E-state index contributed by atoms with van der Waals surface area (Å²) in [5.41, 5.74) is 2.05. The molecule has 4 nitrogen and oxygen atoms in total. The minimum atomic E-state index is -0.952. The molecule has 1 aliphatic heterocycles. The van der Waals surface area contributed by atoms with E-state index in [1.54, 1.807) is 11.3 Å². The Balaban J connectivity index is 2.08. The van der Waals surface area contributed by atoms with Crippen LogP contribution >= 0.6 is 11.3 Å². The van der Waals surface area contributed by atoms with E-state index in [9.17, 15) is 5.11 Å². The second-order valence-electron chi connectivity index (χ2n) is 6.74. The summed E-state index contributed by atoms with van der Waals surface area (Å²) in [5.74, 6) is 0.870. The molecule has 2 aromatic carbocycles. The van der Waals surface area contributed by atoms with Crippen molar-refractivity contribution < 1.29 is 9.84 Å². The number of hydrogen-bond donors (Lipinski definition) is 1. The van der Waals surface area contributed by atoms with Gasteiger partial charge in [0.05, 0.1) is 5.60 Å². The molecule has 1 N–H and O–H groups in total. The molecule has 0 radical (unpaired) electrons. The zero-order valence-electron chi connectivity index (χ0n) is 14.3. The second-order valence-corrected chi connectivity index (χ2v) is 7.61. The zero-order chi connectivity index (χ0) is 17.5. The first kappa shape index (κ1) is 16.3. The lowest BCUT2D eigenvalue weighted by Gasteiger charge is -2.40. The van der Waals surface area contributed by atoms with Gasteiger partial charge in [-0.15, -0.1) is 0 Å². The summed E-state index contributed by atoms with van der Waals surface area (Å²) in [6.45, 7) is 4.99. The highest BCUT2D eigenvalue weighted by molar-refractivity contribution is 7.13. The number of benzene rings is 2. The maximum Gasteiger partial charge on any atom is 0.296 e. The quantitative estimate of drug-likeness (QED) is 0.692. The lowest BCUT2D eigenvalue weighted by molar-refractivity contribution is 0.0776. The van der Waals surface area contributed by atoms with Crippen molar-refractivity contribution in [2.45, 2.75) is 19.4 Å². The van der Waals surface area contributed by atoms with E-state index in [-0.39, 0.29) is 0 Å². The minimum Gasteiger partial charge on any atom is -0.481 e. The fourth-order valence-corrected chi connectivity index (χ4v) is 4.42. The Hall–Kier alpha value is -2.21. The largest absolute Gasteiger partial charge is 0.481 e. The molecule has 128 valence electrons. The number of aliphatic hydroxyl groups is 1.